The maximum absolute atomic E-state index is 5.93. The molecule has 1 aliphatic heterocycles. The van der Waals surface area contributed by atoms with E-state index < -0.39 is 0 Å². The van der Waals surface area contributed by atoms with Crippen LogP contribution in [0.1, 0.15) is 19.4 Å². The smallest absolute Gasteiger partial charge is 0.0597 e. The number of alkyl halides is 1. The number of pyridine rings is 1. The first-order valence-electron chi connectivity index (χ1n) is 5.46. The number of hydrogen-bond donors (Lipinski definition) is 0. The van der Waals surface area contributed by atoms with Crippen molar-refractivity contribution >= 4 is 17.3 Å². The molecular formula is C12H17ClN2. The van der Waals surface area contributed by atoms with E-state index in [-0.39, 0.29) is 0 Å². The zero-order chi connectivity index (χ0) is 10.8. The van der Waals surface area contributed by atoms with Crippen LogP contribution in [0.15, 0.2) is 18.5 Å². The second kappa shape index (κ2) is 4.40. The largest absolute Gasteiger partial charge is 0.369 e. The van der Waals surface area contributed by atoms with Crippen molar-refractivity contribution in [2.24, 2.45) is 11.8 Å². The van der Waals surface area contributed by atoms with Crippen LogP contribution in [0.25, 0.3) is 0 Å². The fourth-order valence-electron chi connectivity index (χ4n) is 2.14. The second-order valence-electron chi connectivity index (χ2n) is 4.50. The Morgan fingerprint density at radius 2 is 2.07 bits per heavy atom. The van der Waals surface area contributed by atoms with E-state index in [9.17, 15) is 0 Å². The number of halogens is 1. The number of nitrogens with zero attached hydrogens (tertiary/aromatic N) is 2. The average Bonchev–Trinajstić information content (AvgIpc) is 2.59. The van der Waals surface area contributed by atoms with Crippen LogP contribution in [0.2, 0.25) is 0 Å². The number of hydrogen-bond acceptors (Lipinski definition) is 2. The molecule has 1 aliphatic rings. The molecule has 0 amide bonds. The zero-order valence-electron chi connectivity index (χ0n) is 9.28. The molecule has 0 N–H and O–H groups in total. The Hall–Kier alpha value is -0.760. The Kier molecular flexibility index (Phi) is 3.15. The minimum Gasteiger partial charge on any atom is -0.369 e. The molecule has 2 rings (SSSR count). The Morgan fingerprint density at radius 1 is 1.40 bits per heavy atom. The highest BCUT2D eigenvalue weighted by Crippen LogP contribution is 2.29. The van der Waals surface area contributed by atoms with Crippen molar-refractivity contribution in [1.82, 2.24) is 4.98 Å². The second-order valence-corrected chi connectivity index (χ2v) is 4.76. The summed E-state index contributed by atoms with van der Waals surface area (Å²) in [7, 11) is 0. The monoisotopic (exact) mass is 224 g/mol. The molecule has 1 saturated heterocycles. The van der Waals surface area contributed by atoms with Gasteiger partial charge in [-0.25, -0.2) is 0 Å². The standard InChI is InChI=1S/C12H17ClN2/c1-9-7-15(8-10(9)2)12-6-14-4-3-11(12)5-13/h3-4,6,9-10H,5,7-8H2,1-2H3. The first kappa shape index (κ1) is 10.7. The fourth-order valence-corrected chi connectivity index (χ4v) is 2.37. The van der Waals surface area contributed by atoms with Gasteiger partial charge in [-0.2, -0.15) is 0 Å². The predicted octanol–water partition coefficient (Wildman–Crippen LogP) is 2.91. The van der Waals surface area contributed by atoms with Crippen LogP contribution in [-0.4, -0.2) is 18.1 Å². The van der Waals surface area contributed by atoms with Gasteiger partial charge in [0, 0.05) is 25.2 Å². The van der Waals surface area contributed by atoms with Crippen molar-refractivity contribution in [3.05, 3.63) is 24.0 Å². The molecule has 2 nitrogen and oxygen atoms in total. The summed E-state index contributed by atoms with van der Waals surface area (Å²) in [6, 6.07) is 2.01. The number of aromatic nitrogens is 1. The van der Waals surface area contributed by atoms with Crippen molar-refractivity contribution in [3.63, 3.8) is 0 Å². The first-order chi connectivity index (χ1) is 7.22. The topological polar surface area (TPSA) is 16.1 Å². The summed E-state index contributed by atoms with van der Waals surface area (Å²) in [5.74, 6) is 2.08. The van der Waals surface area contributed by atoms with Crippen molar-refractivity contribution in [2.45, 2.75) is 19.7 Å². The van der Waals surface area contributed by atoms with Crippen LogP contribution in [-0.2, 0) is 5.88 Å². The van der Waals surface area contributed by atoms with Gasteiger partial charge in [-0.1, -0.05) is 13.8 Å². The lowest BCUT2D eigenvalue weighted by molar-refractivity contribution is 0.494. The van der Waals surface area contributed by atoms with Gasteiger partial charge in [0.1, 0.15) is 0 Å². The summed E-state index contributed by atoms with van der Waals surface area (Å²) < 4.78 is 0. The van der Waals surface area contributed by atoms with Crippen molar-refractivity contribution in [1.29, 1.82) is 0 Å². The molecule has 0 spiro atoms. The summed E-state index contributed by atoms with van der Waals surface area (Å²) in [4.78, 5) is 6.59. The molecule has 0 saturated carbocycles. The highest BCUT2D eigenvalue weighted by atomic mass is 35.5. The van der Waals surface area contributed by atoms with Gasteiger partial charge in [0.2, 0.25) is 0 Å². The van der Waals surface area contributed by atoms with Gasteiger partial charge in [-0.05, 0) is 23.5 Å². The predicted molar refractivity (Wildman–Crippen MR) is 64.3 cm³/mol. The third-order valence-corrected chi connectivity index (χ3v) is 3.65. The molecule has 2 unspecified atom stereocenters. The van der Waals surface area contributed by atoms with Gasteiger partial charge < -0.3 is 4.90 Å². The summed E-state index contributed by atoms with van der Waals surface area (Å²) in [6.45, 7) is 6.86. The van der Waals surface area contributed by atoms with Gasteiger partial charge in [-0.3, -0.25) is 4.98 Å². The van der Waals surface area contributed by atoms with Crippen molar-refractivity contribution in [3.8, 4) is 0 Å². The molecule has 2 atom stereocenters. The van der Waals surface area contributed by atoms with E-state index in [1.807, 2.05) is 18.5 Å². The fraction of sp³-hybridized carbons (Fsp3) is 0.583. The Bertz CT molecular complexity index is 330. The van der Waals surface area contributed by atoms with Crippen molar-refractivity contribution < 1.29 is 0 Å². The van der Waals surface area contributed by atoms with Crippen LogP contribution in [0.3, 0.4) is 0 Å². The Morgan fingerprint density at radius 3 is 2.67 bits per heavy atom. The molecule has 0 bridgehead atoms. The van der Waals surface area contributed by atoms with Crippen LogP contribution >= 0.6 is 11.6 Å². The minimum absolute atomic E-state index is 0.567. The molecule has 2 heterocycles. The van der Waals surface area contributed by atoms with E-state index in [1.165, 1.54) is 11.3 Å². The number of anilines is 1. The van der Waals surface area contributed by atoms with Crippen LogP contribution < -0.4 is 4.90 Å². The summed E-state index contributed by atoms with van der Waals surface area (Å²) in [6.07, 6.45) is 3.74. The SMILES string of the molecule is CC1CN(c2cnccc2CCl)CC1C. The lowest BCUT2D eigenvalue weighted by Gasteiger charge is -2.20. The van der Waals surface area contributed by atoms with Crippen LogP contribution in [0.4, 0.5) is 5.69 Å². The Labute approximate surface area is 96.3 Å². The van der Waals surface area contributed by atoms with Gasteiger partial charge in [-0.15, -0.1) is 11.6 Å². The van der Waals surface area contributed by atoms with E-state index >= 15 is 0 Å². The zero-order valence-corrected chi connectivity index (χ0v) is 10.0. The molecule has 15 heavy (non-hydrogen) atoms. The molecule has 82 valence electrons. The normalized spacial score (nSPS) is 25.9. The van der Waals surface area contributed by atoms with E-state index in [0.29, 0.717) is 5.88 Å². The lowest BCUT2D eigenvalue weighted by atomic mass is 10.0. The molecule has 1 aromatic rings. The summed E-state index contributed by atoms with van der Waals surface area (Å²) in [5.41, 5.74) is 2.40. The molecule has 0 aromatic carbocycles. The average molecular weight is 225 g/mol. The number of rotatable bonds is 2. The maximum atomic E-state index is 5.93. The molecule has 1 aromatic heterocycles. The third kappa shape index (κ3) is 2.10. The van der Waals surface area contributed by atoms with E-state index in [0.717, 1.165) is 24.9 Å². The third-order valence-electron chi connectivity index (χ3n) is 3.36. The van der Waals surface area contributed by atoms with E-state index in [4.69, 9.17) is 11.6 Å². The summed E-state index contributed by atoms with van der Waals surface area (Å²) >= 11 is 5.93. The molecule has 0 aliphatic carbocycles. The lowest BCUT2D eigenvalue weighted by Crippen LogP contribution is -2.21. The molecular weight excluding hydrogens is 208 g/mol. The molecule has 3 heteroatoms. The van der Waals surface area contributed by atoms with Gasteiger partial charge in [0.25, 0.3) is 0 Å². The quantitative estimate of drug-likeness (QED) is 0.719. The van der Waals surface area contributed by atoms with Crippen LogP contribution in [0.5, 0.6) is 0 Å². The van der Waals surface area contributed by atoms with Crippen LogP contribution in [0, 0.1) is 11.8 Å². The van der Waals surface area contributed by atoms with Gasteiger partial charge in [0.05, 0.1) is 11.9 Å². The van der Waals surface area contributed by atoms with E-state index in [2.05, 4.69) is 23.7 Å². The Balaban J connectivity index is 2.23. The van der Waals surface area contributed by atoms with E-state index in [1.54, 1.807) is 0 Å². The molecule has 0 radical (unpaired) electrons. The highest BCUT2D eigenvalue weighted by molar-refractivity contribution is 6.17. The van der Waals surface area contributed by atoms with Crippen molar-refractivity contribution in [2.75, 3.05) is 18.0 Å². The summed E-state index contributed by atoms with van der Waals surface area (Å²) in [5, 5.41) is 0. The van der Waals surface area contributed by atoms with Gasteiger partial charge >= 0.3 is 0 Å². The molecule has 1 fully saturated rings. The van der Waals surface area contributed by atoms with Gasteiger partial charge in [0.15, 0.2) is 0 Å². The highest BCUT2D eigenvalue weighted by Gasteiger charge is 2.27. The minimum atomic E-state index is 0.567. The first-order valence-corrected chi connectivity index (χ1v) is 5.99. The maximum Gasteiger partial charge on any atom is 0.0597 e.